The average Bonchev–Trinajstić information content (AvgIpc) is 2.32. The van der Waals surface area contributed by atoms with Gasteiger partial charge in [0.15, 0.2) is 0 Å². The molecule has 0 radical (unpaired) electrons. The number of halogens is 2. The lowest BCUT2D eigenvalue weighted by Crippen LogP contribution is -2.35. The van der Waals surface area contributed by atoms with Crippen molar-refractivity contribution in [2.75, 3.05) is 5.32 Å². The maximum Gasteiger partial charge on any atom is 0.326 e. The number of carbonyl (C=O) groups excluding carboxylic acids is 2. The maximum atomic E-state index is 13.3. The summed E-state index contributed by atoms with van der Waals surface area (Å²) in [7, 11) is 0. The van der Waals surface area contributed by atoms with Gasteiger partial charge in [0.05, 0.1) is 0 Å². The van der Waals surface area contributed by atoms with Crippen LogP contribution in [0.15, 0.2) is 18.2 Å². The SMILES string of the molecule is CC(CC(=O)O)CC(=O)NC(=O)Nc1c(F)cccc1F. The van der Waals surface area contributed by atoms with Crippen LogP contribution in [0.2, 0.25) is 0 Å². The summed E-state index contributed by atoms with van der Waals surface area (Å²) < 4.78 is 26.5. The number of para-hydroxylation sites is 1. The van der Waals surface area contributed by atoms with Crippen molar-refractivity contribution in [1.82, 2.24) is 5.32 Å². The second-order valence-electron chi connectivity index (χ2n) is 4.51. The van der Waals surface area contributed by atoms with E-state index in [1.165, 1.54) is 6.92 Å². The summed E-state index contributed by atoms with van der Waals surface area (Å²) in [6.07, 6.45) is -0.420. The number of benzene rings is 1. The number of nitrogens with one attached hydrogen (secondary N) is 2. The number of hydrogen-bond donors (Lipinski definition) is 3. The molecule has 0 spiro atoms. The number of amides is 3. The van der Waals surface area contributed by atoms with Crippen molar-refractivity contribution in [3.05, 3.63) is 29.8 Å². The van der Waals surface area contributed by atoms with Gasteiger partial charge >= 0.3 is 12.0 Å². The molecule has 8 heteroatoms. The fraction of sp³-hybridized carbons (Fsp3) is 0.308. The molecule has 21 heavy (non-hydrogen) atoms. The molecule has 1 unspecified atom stereocenters. The van der Waals surface area contributed by atoms with Gasteiger partial charge in [-0.3, -0.25) is 14.9 Å². The number of carboxylic acid groups (broad SMARTS) is 1. The standard InChI is InChI=1S/C13H14F2N2O4/c1-7(6-11(19)20)5-10(18)16-13(21)17-12-8(14)3-2-4-9(12)15/h2-4,7H,5-6H2,1H3,(H,19,20)(H2,16,17,18,21). The van der Waals surface area contributed by atoms with Gasteiger partial charge in [-0.2, -0.15) is 0 Å². The summed E-state index contributed by atoms with van der Waals surface area (Å²) in [5, 5.41) is 12.3. The van der Waals surface area contributed by atoms with Gasteiger partial charge in [-0.05, 0) is 18.1 Å². The summed E-state index contributed by atoms with van der Waals surface area (Å²) in [6.45, 7) is 1.53. The molecule has 0 aliphatic heterocycles. The second-order valence-corrected chi connectivity index (χ2v) is 4.51. The number of urea groups is 1. The van der Waals surface area contributed by atoms with Gasteiger partial charge in [0.2, 0.25) is 5.91 Å². The van der Waals surface area contributed by atoms with Crippen LogP contribution in [0.1, 0.15) is 19.8 Å². The molecule has 0 aliphatic rings. The lowest BCUT2D eigenvalue weighted by Gasteiger charge is -2.10. The molecule has 6 nitrogen and oxygen atoms in total. The number of rotatable bonds is 5. The number of aliphatic carboxylic acids is 1. The molecule has 0 aromatic heterocycles. The van der Waals surface area contributed by atoms with Crippen LogP contribution in [-0.2, 0) is 9.59 Å². The molecular formula is C13H14F2N2O4. The van der Waals surface area contributed by atoms with Gasteiger partial charge in [0.1, 0.15) is 17.3 Å². The van der Waals surface area contributed by atoms with Crippen molar-refractivity contribution in [2.24, 2.45) is 5.92 Å². The van der Waals surface area contributed by atoms with Crippen LogP contribution in [0.25, 0.3) is 0 Å². The van der Waals surface area contributed by atoms with Crippen LogP contribution in [0, 0.1) is 17.6 Å². The smallest absolute Gasteiger partial charge is 0.326 e. The molecule has 3 N–H and O–H groups in total. The minimum atomic E-state index is -1.09. The first-order valence-corrected chi connectivity index (χ1v) is 6.06. The van der Waals surface area contributed by atoms with Crippen LogP contribution < -0.4 is 10.6 Å². The summed E-state index contributed by atoms with van der Waals surface area (Å²) in [5.74, 6) is -4.22. The Labute approximate surface area is 119 Å². The molecule has 0 heterocycles. The number of carboxylic acids is 1. The highest BCUT2D eigenvalue weighted by Gasteiger charge is 2.16. The van der Waals surface area contributed by atoms with E-state index >= 15 is 0 Å². The average molecular weight is 300 g/mol. The zero-order chi connectivity index (χ0) is 16.0. The summed E-state index contributed by atoms with van der Waals surface area (Å²) in [6, 6.07) is 1.95. The molecule has 3 amide bonds. The third-order valence-electron chi connectivity index (χ3n) is 2.51. The van der Waals surface area contributed by atoms with Crippen molar-refractivity contribution in [3.8, 4) is 0 Å². The molecule has 1 aromatic rings. The number of hydrogen-bond acceptors (Lipinski definition) is 3. The highest BCUT2D eigenvalue weighted by Crippen LogP contribution is 2.17. The van der Waals surface area contributed by atoms with Crippen LogP contribution in [0.3, 0.4) is 0 Å². The molecule has 0 saturated carbocycles. The lowest BCUT2D eigenvalue weighted by atomic mass is 10.0. The van der Waals surface area contributed by atoms with E-state index in [9.17, 15) is 23.2 Å². The number of imide groups is 1. The van der Waals surface area contributed by atoms with Crippen LogP contribution in [0.5, 0.6) is 0 Å². The second kappa shape index (κ2) is 7.32. The Bertz CT molecular complexity index is 543. The van der Waals surface area contributed by atoms with Crippen LogP contribution >= 0.6 is 0 Å². The van der Waals surface area contributed by atoms with Gasteiger partial charge in [0.25, 0.3) is 0 Å². The molecule has 0 saturated heterocycles. The third kappa shape index (κ3) is 5.55. The van der Waals surface area contributed by atoms with E-state index in [0.29, 0.717) is 0 Å². The maximum absolute atomic E-state index is 13.3. The largest absolute Gasteiger partial charge is 0.481 e. The first-order valence-electron chi connectivity index (χ1n) is 6.06. The Balaban J connectivity index is 2.54. The number of carbonyl (C=O) groups is 3. The van der Waals surface area contributed by atoms with Crippen LogP contribution in [0.4, 0.5) is 19.3 Å². The minimum absolute atomic E-state index is 0.195. The highest BCUT2D eigenvalue weighted by atomic mass is 19.1. The summed E-state index contributed by atoms with van der Waals surface area (Å²) in [5.41, 5.74) is -0.665. The molecule has 0 fully saturated rings. The molecule has 1 aromatic carbocycles. The fourth-order valence-electron chi connectivity index (χ4n) is 1.63. The van der Waals surface area contributed by atoms with Gasteiger partial charge < -0.3 is 10.4 Å². The van der Waals surface area contributed by atoms with E-state index in [0.717, 1.165) is 18.2 Å². The normalized spacial score (nSPS) is 11.6. The van der Waals surface area contributed by atoms with E-state index < -0.39 is 41.1 Å². The Morgan fingerprint density at radius 3 is 2.29 bits per heavy atom. The van der Waals surface area contributed by atoms with E-state index in [4.69, 9.17) is 5.11 Å². The lowest BCUT2D eigenvalue weighted by molar-refractivity contribution is -0.138. The first kappa shape index (κ1) is 16.5. The van der Waals surface area contributed by atoms with Crippen LogP contribution in [-0.4, -0.2) is 23.0 Å². The van der Waals surface area contributed by atoms with Crippen molar-refractivity contribution in [2.45, 2.75) is 19.8 Å². The van der Waals surface area contributed by atoms with E-state index in [2.05, 4.69) is 0 Å². The van der Waals surface area contributed by atoms with E-state index in [-0.39, 0.29) is 12.8 Å². The van der Waals surface area contributed by atoms with Crippen molar-refractivity contribution >= 4 is 23.6 Å². The molecular weight excluding hydrogens is 286 g/mol. The monoisotopic (exact) mass is 300 g/mol. The Kier molecular flexibility index (Phi) is 5.77. The van der Waals surface area contributed by atoms with Crippen molar-refractivity contribution in [1.29, 1.82) is 0 Å². The predicted molar refractivity (Wildman–Crippen MR) is 69.6 cm³/mol. The summed E-state index contributed by atoms with van der Waals surface area (Å²) in [4.78, 5) is 33.3. The molecule has 0 aliphatic carbocycles. The van der Waals surface area contributed by atoms with E-state index in [1.807, 2.05) is 10.6 Å². The van der Waals surface area contributed by atoms with E-state index in [1.54, 1.807) is 0 Å². The zero-order valence-electron chi connectivity index (χ0n) is 11.2. The molecule has 0 bridgehead atoms. The quantitative estimate of drug-likeness (QED) is 0.776. The van der Waals surface area contributed by atoms with Gasteiger partial charge in [-0.25, -0.2) is 13.6 Å². The number of anilines is 1. The Hall–Kier alpha value is -2.51. The predicted octanol–water partition coefficient (Wildman–Crippen LogP) is 2.11. The first-order chi connectivity index (χ1) is 9.79. The topological polar surface area (TPSA) is 95.5 Å². The van der Waals surface area contributed by atoms with Crippen molar-refractivity contribution < 1.29 is 28.3 Å². The molecule has 1 rings (SSSR count). The summed E-state index contributed by atoms with van der Waals surface area (Å²) >= 11 is 0. The highest BCUT2D eigenvalue weighted by molar-refractivity contribution is 6.01. The molecule has 114 valence electrons. The fourth-order valence-corrected chi connectivity index (χ4v) is 1.63. The van der Waals surface area contributed by atoms with Crippen molar-refractivity contribution in [3.63, 3.8) is 0 Å². The zero-order valence-corrected chi connectivity index (χ0v) is 11.2. The molecule has 1 atom stereocenters. The van der Waals surface area contributed by atoms with Gasteiger partial charge in [0, 0.05) is 12.8 Å². The Morgan fingerprint density at radius 1 is 1.19 bits per heavy atom. The Morgan fingerprint density at radius 2 is 1.76 bits per heavy atom. The van der Waals surface area contributed by atoms with Gasteiger partial charge in [-0.1, -0.05) is 13.0 Å². The third-order valence-corrected chi connectivity index (χ3v) is 2.51. The minimum Gasteiger partial charge on any atom is -0.481 e. The van der Waals surface area contributed by atoms with Gasteiger partial charge in [-0.15, -0.1) is 0 Å².